The van der Waals surface area contributed by atoms with E-state index < -0.39 is 0 Å². The first-order valence-electron chi connectivity index (χ1n) is 4.51. The molecule has 0 spiro atoms. The molecule has 0 aromatic rings. The smallest absolute Gasteiger partial charge is 0.109 e. The minimum atomic E-state index is 0.166. The van der Waals surface area contributed by atoms with Crippen molar-refractivity contribution in [3.8, 4) is 0 Å². The van der Waals surface area contributed by atoms with Crippen molar-refractivity contribution in [3.05, 3.63) is 12.2 Å². The molecular weight excluding hydrogens is 277 g/mol. The number of hydrogen-bond donors (Lipinski definition) is 1. The van der Waals surface area contributed by atoms with Crippen LogP contribution in [0.25, 0.3) is 0 Å². The normalized spacial score (nSPS) is 14.2. The minimum Gasteiger partial charge on any atom is -0.315 e. The van der Waals surface area contributed by atoms with Gasteiger partial charge in [-0.3, -0.25) is 0 Å². The zero-order valence-corrected chi connectivity index (χ0v) is 11.1. The highest BCUT2D eigenvalue weighted by molar-refractivity contribution is 14.1. The monoisotopic (exact) mass is 297 g/mol. The van der Waals surface area contributed by atoms with Crippen molar-refractivity contribution in [2.75, 3.05) is 13.2 Å². The molecule has 0 aliphatic carbocycles. The molecule has 1 unspecified atom stereocenters. The molecule has 0 saturated carbocycles. The van der Waals surface area contributed by atoms with E-state index in [0.717, 1.165) is 13.2 Å². The summed E-state index contributed by atoms with van der Waals surface area (Å²) in [5.74, 6) is 0.413. The first-order chi connectivity index (χ1) is 5.87. The highest BCUT2D eigenvalue weighted by Crippen LogP contribution is 2.11. The van der Waals surface area contributed by atoms with Gasteiger partial charge in [0, 0.05) is 18.0 Å². The van der Waals surface area contributed by atoms with Crippen molar-refractivity contribution in [1.82, 2.24) is 5.32 Å². The van der Waals surface area contributed by atoms with Gasteiger partial charge in [0.15, 0.2) is 0 Å². The second-order valence-electron chi connectivity index (χ2n) is 4.45. The summed E-state index contributed by atoms with van der Waals surface area (Å²) in [6.45, 7) is 14.1. The third kappa shape index (κ3) is 7.46. The number of nitrogens with one attached hydrogen (secondary N) is 1. The molecule has 3 heteroatoms. The third-order valence-corrected chi connectivity index (χ3v) is 2.20. The molecule has 0 rings (SSSR count). The van der Waals surface area contributed by atoms with Crippen LogP contribution in [0.1, 0.15) is 27.7 Å². The van der Waals surface area contributed by atoms with Crippen molar-refractivity contribution in [2.24, 2.45) is 5.92 Å². The zero-order valence-electron chi connectivity index (χ0n) is 8.98. The van der Waals surface area contributed by atoms with Gasteiger partial charge in [-0.25, -0.2) is 0 Å². The second kappa shape index (κ2) is 5.98. The summed E-state index contributed by atoms with van der Waals surface area (Å²) in [7, 11) is 0. The van der Waals surface area contributed by atoms with Crippen molar-refractivity contribution < 1.29 is 3.07 Å². The summed E-state index contributed by atoms with van der Waals surface area (Å²) in [5.41, 5.74) is 1.34. The maximum atomic E-state index is 5.10. The van der Waals surface area contributed by atoms with E-state index in [9.17, 15) is 0 Å². The van der Waals surface area contributed by atoms with Gasteiger partial charge in [0.2, 0.25) is 0 Å². The molecule has 0 amide bonds. The van der Waals surface area contributed by atoms with E-state index in [-0.39, 0.29) is 5.54 Å². The molecule has 2 nitrogen and oxygen atoms in total. The summed E-state index contributed by atoms with van der Waals surface area (Å²) in [6, 6.07) is 0. The average molecular weight is 297 g/mol. The molecule has 0 radical (unpaired) electrons. The molecule has 0 aromatic heterocycles. The third-order valence-electron chi connectivity index (χ3n) is 1.84. The van der Waals surface area contributed by atoms with Gasteiger partial charge in [-0.1, -0.05) is 12.2 Å². The largest absolute Gasteiger partial charge is 0.315 e. The number of hydrogen-bond acceptors (Lipinski definition) is 2. The molecule has 0 aliphatic rings. The predicted molar refractivity (Wildman–Crippen MR) is 66.0 cm³/mol. The van der Waals surface area contributed by atoms with Gasteiger partial charge in [0.1, 0.15) is 23.0 Å². The van der Waals surface area contributed by atoms with E-state index in [2.05, 4.69) is 32.7 Å². The van der Waals surface area contributed by atoms with Crippen molar-refractivity contribution in [2.45, 2.75) is 33.2 Å². The standard InChI is InChI=1S/C10H20INO/c1-8(2)9(7-13-11)6-12-10(3,4)5/h9,12H,1,6-7H2,2-5H3. The summed E-state index contributed by atoms with van der Waals surface area (Å²) in [6.07, 6.45) is 0. The molecule has 0 aromatic carbocycles. The Labute approximate surface area is 95.8 Å². The van der Waals surface area contributed by atoms with Crippen molar-refractivity contribution in [3.63, 3.8) is 0 Å². The second-order valence-corrected chi connectivity index (χ2v) is 5.07. The van der Waals surface area contributed by atoms with Gasteiger partial charge in [-0.2, -0.15) is 0 Å². The Bertz CT molecular complexity index is 163. The average Bonchev–Trinajstić information content (AvgIpc) is 1.95. The molecule has 0 saturated heterocycles. The molecule has 78 valence electrons. The Kier molecular flexibility index (Phi) is 6.16. The molecule has 0 fully saturated rings. The first-order valence-corrected chi connectivity index (χ1v) is 5.39. The van der Waals surface area contributed by atoms with Crippen LogP contribution >= 0.6 is 23.0 Å². The summed E-state index contributed by atoms with van der Waals surface area (Å²) < 4.78 is 5.10. The molecular formula is C10H20INO. The van der Waals surface area contributed by atoms with Crippen LogP contribution in [0, 0.1) is 5.92 Å². The molecule has 1 atom stereocenters. The lowest BCUT2D eigenvalue weighted by Gasteiger charge is -2.24. The van der Waals surface area contributed by atoms with E-state index in [1.54, 1.807) is 0 Å². The lowest BCUT2D eigenvalue weighted by molar-refractivity contribution is 0.313. The predicted octanol–water partition coefficient (Wildman–Crippen LogP) is 2.93. The van der Waals surface area contributed by atoms with Crippen LogP contribution in [0.4, 0.5) is 0 Å². The van der Waals surface area contributed by atoms with Crippen LogP contribution < -0.4 is 5.32 Å². The van der Waals surface area contributed by atoms with Crippen LogP contribution in [-0.2, 0) is 3.07 Å². The van der Waals surface area contributed by atoms with E-state index in [0.29, 0.717) is 5.92 Å². The highest BCUT2D eigenvalue weighted by Gasteiger charge is 2.14. The molecule has 0 aliphatic heterocycles. The van der Waals surface area contributed by atoms with E-state index in [4.69, 9.17) is 3.07 Å². The van der Waals surface area contributed by atoms with Gasteiger partial charge in [0.25, 0.3) is 0 Å². The minimum absolute atomic E-state index is 0.166. The quantitative estimate of drug-likeness (QED) is 0.622. The summed E-state index contributed by atoms with van der Waals surface area (Å²) in [5, 5.41) is 3.44. The number of halogens is 1. The Hall–Kier alpha value is 0.390. The van der Waals surface area contributed by atoms with E-state index >= 15 is 0 Å². The topological polar surface area (TPSA) is 21.3 Å². The maximum absolute atomic E-state index is 5.10. The SMILES string of the molecule is C=C(C)C(CNC(C)(C)C)COI. The summed E-state index contributed by atoms with van der Waals surface area (Å²) >= 11 is 1.93. The Morgan fingerprint density at radius 1 is 1.54 bits per heavy atom. The Balaban J connectivity index is 3.90. The van der Waals surface area contributed by atoms with E-state index in [1.807, 2.05) is 29.9 Å². The van der Waals surface area contributed by atoms with Gasteiger partial charge < -0.3 is 8.38 Å². The fraction of sp³-hybridized carbons (Fsp3) is 0.800. The lowest BCUT2D eigenvalue weighted by atomic mass is 10.0. The van der Waals surface area contributed by atoms with Crippen molar-refractivity contribution in [1.29, 1.82) is 0 Å². The van der Waals surface area contributed by atoms with Gasteiger partial charge in [0.05, 0.1) is 6.61 Å². The van der Waals surface area contributed by atoms with Crippen LogP contribution in [0.3, 0.4) is 0 Å². The fourth-order valence-electron chi connectivity index (χ4n) is 0.881. The van der Waals surface area contributed by atoms with Crippen LogP contribution in [0.5, 0.6) is 0 Å². The Morgan fingerprint density at radius 3 is 2.38 bits per heavy atom. The van der Waals surface area contributed by atoms with E-state index in [1.165, 1.54) is 5.57 Å². The van der Waals surface area contributed by atoms with Crippen LogP contribution in [-0.4, -0.2) is 18.7 Å². The van der Waals surface area contributed by atoms with Gasteiger partial charge in [-0.15, -0.1) is 0 Å². The Morgan fingerprint density at radius 2 is 2.08 bits per heavy atom. The molecule has 0 bridgehead atoms. The van der Waals surface area contributed by atoms with Crippen molar-refractivity contribution >= 4 is 23.0 Å². The maximum Gasteiger partial charge on any atom is 0.109 e. The molecule has 1 N–H and O–H groups in total. The van der Waals surface area contributed by atoms with Gasteiger partial charge >= 0.3 is 0 Å². The summed E-state index contributed by atoms with van der Waals surface area (Å²) in [4.78, 5) is 0. The van der Waals surface area contributed by atoms with Gasteiger partial charge in [-0.05, 0) is 27.7 Å². The zero-order chi connectivity index (χ0) is 10.5. The lowest BCUT2D eigenvalue weighted by Crippen LogP contribution is -2.40. The molecule has 13 heavy (non-hydrogen) atoms. The number of rotatable bonds is 5. The highest BCUT2D eigenvalue weighted by atomic mass is 127. The molecule has 0 heterocycles. The first kappa shape index (κ1) is 13.4. The van der Waals surface area contributed by atoms with Crippen LogP contribution in [0.15, 0.2) is 12.2 Å². The van der Waals surface area contributed by atoms with Crippen LogP contribution in [0.2, 0.25) is 0 Å². The fourth-order valence-corrected chi connectivity index (χ4v) is 1.31.